The van der Waals surface area contributed by atoms with Crippen LogP contribution in [0, 0.1) is 50.7 Å². The maximum absolute atomic E-state index is 12.7. The Hall–Kier alpha value is -2.69. The Kier molecular flexibility index (Phi) is 14.9. The molecule has 5 aliphatic heterocycles. The highest BCUT2D eigenvalue weighted by Gasteiger charge is 2.84. The van der Waals surface area contributed by atoms with Crippen molar-refractivity contribution in [1.29, 1.82) is 0 Å². The lowest BCUT2D eigenvalue weighted by Crippen LogP contribution is -2.66. The summed E-state index contributed by atoms with van der Waals surface area (Å²) >= 11 is 0. The summed E-state index contributed by atoms with van der Waals surface area (Å²) in [7, 11) is 1.39. The van der Waals surface area contributed by atoms with E-state index in [2.05, 4.69) is 34.6 Å². The molecule has 22 heteroatoms. The van der Waals surface area contributed by atoms with E-state index < -0.39 is 140 Å². The molecule has 0 amide bonds. The summed E-state index contributed by atoms with van der Waals surface area (Å²) in [6, 6.07) is 4.43. The van der Waals surface area contributed by atoms with Gasteiger partial charge in [-0.05, 0) is 140 Å². The van der Waals surface area contributed by atoms with Crippen LogP contribution in [0.25, 0.3) is 6.08 Å². The summed E-state index contributed by atoms with van der Waals surface area (Å²) in [6.45, 7) is 13.3. The van der Waals surface area contributed by atoms with E-state index in [1.165, 1.54) is 25.3 Å². The van der Waals surface area contributed by atoms with Crippen molar-refractivity contribution in [1.82, 2.24) is 0 Å². The molecule has 5 aliphatic carbocycles. The number of rotatable bonds is 12. The number of fused-ring (bicyclic) bond motifs is 5. The predicted octanol–water partition coefficient (Wildman–Crippen LogP) is 0.748. The molecule has 1 aromatic carbocycles. The first-order chi connectivity index (χ1) is 37.1. The number of hydrogen-bond donors (Lipinski definition) is 11. The van der Waals surface area contributed by atoms with Crippen molar-refractivity contribution in [2.45, 2.75) is 222 Å². The Labute approximate surface area is 459 Å². The molecule has 27 atom stereocenters. The quantitative estimate of drug-likeness (QED) is 0.0781. The average Bonchev–Trinajstić information content (AvgIpc) is 1.64. The van der Waals surface area contributed by atoms with E-state index in [0.29, 0.717) is 17.9 Å². The average molecular weight is 1120 g/mol. The van der Waals surface area contributed by atoms with Crippen molar-refractivity contribution in [3.05, 3.63) is 29.8 Å². The second-order valence-electron chi connectivity index (χ2n) is 26.6. The van der Waals surface area contributed by atoms with Crippen LogP contribution in [-0.4, -0.2) is 211 Å². The van der Waals surface area contributed by atoms with Crippen LogP contribution in [0.4, 0.5) is 0 Å². The number of methoxy groups -OCH3 is 1. The topological polar surface area (TPSA) is 332 Å². The summed E-state index contributed by atoms with van der Waals surface area (Å²) in [6.07, 6.45) is -16.6. The smallest absolute Gasteiger partial charge is 0.330 e. The molecule has 10 fully saturated rings. The van der Waals surface area contributed by atoms with Gasteiger partial charge in [-0.2, -0.15) is 0 Å². The molecule has 5 heterocycles. The molecule has 444 valence electrons. The second kappa shape index (κ2) is 20.2. The zero-order valence-corrected chi connectivity index (χ0v) is 46.3. The number of phenols is 1. The van der Waals surface area contributed by atoms with Gasteiger partial charge in [0, 0.05) is 6.08 Å². The molecule has 5 saturated heterocycles. The Bertz CT molecular complexity index is 2460. The van der Waals surface area contributed by atoms with Crippen molar-refractivity contribution in [3.63, 3.8) is 0 Å². The number of hydrogen-bond acceptors (Lipinski definition) is 22. The van der Waals surface area contributed by atoms with E-state index in [9.17, 15) is 61.0 Å². The normalized spacial score (nSPS) is 52.2. The number of ether oxygens (including phenoxy) is 10. The zero-order valence-electron chi connectivity index (χ0n) is 46.3. The van der Waals surface area contributed by atoms with E-state index in [0.717, 1.165) is 51.0 Å². The molecule has 4 unspecified atom stereocenters. The predicted molar refractivity (Wildman–Crippen MR) is 272 cm³/mol. The fraction of sp³-hybridized carbons (Fsp3) is 0.842. The minimum Gasteiger partial charge on any atom is -0.504 e. The summed E-state index contributed by atoms with van der Waals surface area (Å²) in [4.78, 5) is 12.7. The molecule has 0 bridgehead atoms. The van der Waals surface area contributed by atoms with Crippen molar-refractivity contribution in [3.8, 4) is 11.5 Å². The Morgan fingerprint density at radius 2 is 1.42 bits per heavy atom. The first-order valence-electron chi connectivity index (χ1n) is 28.4. The van der Waals surface area contributed by atoms with Crippen LogP contribution in [0.15, 0.2) is 24.3 Å². The number of carbonyl (C=O) groups excluding carboxylic acids is 1. The van der Waals surface area contributed by atoms with Gasteiger partial charge in [0.1, 0.15) is 86.0 Å². The first-order valence-corrected chi connectivity index (χ1v) is 28.4. The number of aliphatic hydroxyl groups excluding tert-OH is 9. The van der Waals surface area contributed by atoms with Gasteiger partial charge in [-0.3, -0.25) is 0 Å². The Morgan fingerprint density at radius 3 is 2.13 bits per heavy atom. The molecule has 2 spiro atoms. The standard InChI is InChI=1S/C57H84O22/c1-25-37-30(78-57(69)46(25)79-52(4,5)50(57)68)20-54(7)34-13-12-33-51(2,3)35(15-16-55(33)24-56(34,55)18-17-53(37,54)6)75-48-44(38(62)28(60)22-72-48)77-49-45(42(66)39(63)31(21-58)73-49)76-47-43(67)41(65)40(64)32(74-47)23-71-36(61)14-10-26-9-11-29(70-8)27(59)19-26/h9-11,14,19,25,28,30-35,37-50,58-60,62-69H,12-13,15-18,20-24H2,1-8H3/b14-10+/t25-,28+,30-,31+,32+,33?,34?,35-,37?,38-,39+,40+,41-,42-,43+,44-,45+,46?,47-,48-,49-,50+,53+,54-,55+,56-,57-/m0/s1. The van der Waals surface area contributed by atoms with Gasteiger partial charge in [0.15, 0.2) is 30.4 Å². The SMILES string of the molecule is COc1ccc(/C=C/C(=O)OC[C@H]2O[C@@H](O[C@H]3[C@H](O[C@@H]4[C@H](O[C@H]5CC[C@]67C[C@]68CC[C@]6(C)C9[C@H](C)C%10OC(C)(C)[C@@H](O)[C@@]%10(O)O[C@H]9C[C@@]6(C)C8CCC7C5(C)C)OC[C@@H](O)[C@@H]4O)O[C@H](CO)[C@@H](O)[C@@H]3O)[C@H](O)[C@@H](O)[C@@H]2O)cc1O. The molecule has 22 nitrogen and oxygen atoms in total. The number of phenolic OH excluding ortho intramolecular Hbond substituents is 1. The maximum Gasteiger partial charge on any atom is 0.330 e. The van der Waals surface area contributed by atoms with Gasteiger partial charge < -0.3 is 104 Å². The van der Waals surface area contributed by atoms with Crippen LogP contribution in [0.3, 0.4) is 0 Å². The Morgan fingerprint density at radius 1 is 0.747 bits per heavy atom. The first kappa shape index (κ1) is 58.1. The number of carbonyl (C=O) groups is 1. The van der Waals surface area contributed by atoms with Gasteiger partial charge in [0.25, 0.3) is 0 Å². The van der Waals surface area contributed by atoms with Crippen molar-refractivity contribution in [2.24, 2.45) is 50.7 Å². The molecule has 0 aromatic heterocycles. The lowest BCUT2D eigenvalue weighted by molar-refractivity contribution is -0.392. The van der Waals surface area contributed by atoms with Crippen LogP contribution in [0.5, 0.6) is 11.5 Å². The summed E-state index contributed by atoms with van der Waals surface area (Å²) in [5, 5.41) is 122. The number of aliphatic hydroxyl groups is 10. The van der Waals surface area contributed by atoms with E-state index >= 15 is 0 Å². The van der Waals surface area contributed by atoms with Gasteiger partial charge in [0.05, 0.1) is 38.1 Å². The van der Waals surface area contributed by atoms with Crippen LogP contribution in [0.2, 0.25) is 0 Å². The highest BCUT2D eigenvalue weighted by molar-refractivity contribution is 5.87. The van der Waals surface area contributed by atoms with E-state index in [1.807, 2.05) is 0 Å². The highest BCUT2D eigenvalue weighted by Crippen LogP contribution is 2.89. The van der Waals surface area contributed by atoms with Crippen LogP contribution < -0.4 is 4.74 Å². The van der Waals surface area contributed by atoms with E-state index in [4.69, 9.17) is 47.4 Å². The van der Waals surface area contributed by atoms with Gasteiger partial charge in [0.2, 0.25) is 5.79 Å². The van der Waals surface area contributed by atoms with Crippen molar-refractivity contribution < 1.29 is 108 Å². The summed E-state index contributed by atoms with van der Waals surface area (Å²) in [5.74, 6) is -1.85. The summed E-state index contributed by atoms with van der Waals surface area (Å²) in [5.41, 5.74) is -0.986. The van der Waals surface area contributed by atoms with Crippen molar-refractivity contribution in [2.75, 3.05) is 26.9 Å². The Balaban J connectivity index is 0.777. The molecule has 11 rings (SSSR count). The minimum absolute atomic E-state index is 0.0389. The molecular formula is C57H84O22. The molecular weight excluding hydrogens is 1040 g/mol. The van der Waals surface area contributed by atoms with E-state index in [1.54, 1.807) is 19.9 Å². The second-order valence-corrected chi connectivity index (χ2v) is 26.6. The molecule has 0 radical (unpaired) electrons. The largest absolute Gasteiger partial charge is 0.504 e. The third-order valence-electron chi connectivity index (χ3n) is 22.2. The van der Waals surface area contributed by atoms with Gasteiger partial charge in [-0.25, -0.2) is 4.79 Å². The number of esters is 1. The van der Waals surface area contributed by atoms with Crippen molar-refractivity contribution >= 4 is 12.0 Å². The zero-order chi connectivity index (χ0) is 56.9. The van der Waals surface area contributed by atoms with Crippen LogP contribution in [0.1, 0.15) is 105 Å². The van der Waals surface area contributed by atoms with E-state index in [-0.39, 0.29) is 63.6 Å². The number of aromatic hydroxyl groups is 1. The lowest BCUT2D eigenvalue weighted by atomic mass is 9.41. The van der Waals surface area contributed by atoms with Gasteiger partial charge in [-0.1, -0.05) is 40.7 Å². The maximum atomic E-state index is 12.7. The molecule has 5 saturated carbocycles. The fourth-order valence-corrected chi connectivity index (χ4v) is 18.0. The van der Waals surface area contributed by atoms with Gasteiger partial charge >= 0.3 is 5.97 Å². The lowest BCUT2D eigenvalue weighted by Gasteiger charge is -2.63. The minimum atomic E-state index is -1.99. The van der Waals surface area contributed by atoms with Crippen LogP contribution >= 0.6 is 0 Å². The molecule has 11 N–H and O–H groups in total. The third kappa shape index (κ3) is 8.81. The van der Waals surface area contributed by atoms with Gasteiger partial charge in [-0.15, -0.1) is 0 Å². The number of benzene rings is 1. The fourth-order valence-electron chi connectivity index (χ4n) is 18.0. The molecule has 10 aliphatic rings. The monoisotopic (exact) mass is 1120 g/mol. The summed E-state index contributed by atoms with van der Waals surface area (Å²) < 4.78 is 60.7. The third-order valence-corrected chi connectivity index (χ3v) is 22.2. The highest BCUT2D eigenvalue weighted by atomic mass is 16.8. The molecule has 1 aromatic rings. The molecule has 79 heavy (non-hydrogen) atoms. The van der Waals surface area contributed by atoms with Crippen LogP contribution in [-0.2, 0) is 47.4 Å².